The van der Waals surface area contributed by atoms with Gasteiger partial charge in [0.2, 0.25) is 0 Å². The van der Waals surface area contributed by atoms with Crippen LogP contribution in [0.25, 0.3) is 11.0 Å². The van der Waals surface area contributed by atoms with Gasteiger partial charge in [-0.05, 0) is 42.1 Å². The molecule has 1 atom stereocenters. The maximum Gasteiger partial charge on any atom is 0.287 e. The lowest BCUT2D eigenvalue weighted by atomic mass is 10.1. The van der Waals surface area contributed by atoms with E-state index in [1.54, 1.807) is 23.1 Å². The number of carbonyl (C=O) groups excluding carboxylic acids is 1. The summed E-state index contributed by atoms with van der Waals surface area (Å²) < 4.78 is 12.7. The minimum Gasteiger partial charge on any atom is -0.491 e. The lowest BCUT2D eigenvalue weighted by Crippen LogP contribution is -2.35. The molecule has 31 heavy (non-hydrogen) atoms. The molecule has 2 heterocycles. The number of furan rings is 1. The summed E-state index contributed by atoms with van der Waals surface area (Å²) in [6.45, 7) is 2.13. The van der Waals surface area contributed by atoms with Crippen molar-refractivity contribution in [2.75, 3.05) is 13.2 Å². The largest absolute Gasteiger partial charge is 0.491 e. The highest BCUT2D eigenvalue weighted by molar-refractivity contribution is 8.00. The standard InChI is InChI=1S/C24H23NO4S2/c1-16-6-4-7-18(12-16)28-14-17(26)13-25-24(27)23-20(15-31-22-10-5-11-30-22)19-8-2-3-9-21(19)29-23/h2-12,17,26H,13-15H2,1H3,(H,25,27). The molecule has 7 heteroatoms. The second-order valence-corrected chi connectivity index (χ2v) is 9.34. The molecule has 0 fully saturated rings. The number of hydrogen-bond acceptors (Lipinski definition) is 6. The molecule has 0 aliphatic carbocycles. The van der Waals surface area contributed by atoms with Gasteiger partial charge < -0.3 is 19.6 Å². The fourth-order valence-electron chi connectivity index (χ4n) is 3.16. The Labute approximate surface area is 189 Å². The van der Waals surface area contributed by atoms with Gasteiger partial charge in [-0.1, -0.05) is 36.4 Å². The zero-order valence-electron chi connectivity index (χ0n) is 17.0. The molecule has 2 aromatic carbocycles. The number of hydrogen-bond donors (Lipinski definition) is 2. The van der Waals surface area contributed by atoms with Crippen LogP contribution in [0.2, 0.25) is 0 Å². The molecule has 0 saturated heterocycles. The van der Waals surface area contributed by atoms with Crippen LogP contribution in [-0.2, 0) is 5.75 Å². The van der Waals surface area contributed by atoms with Crippen LogP contribution < -0.4 is 10.1 Å². The maximum atomic E-state index is 12.9. The first-order valence-corrected chi connectivity index (χ1v) is 11.8. The third-order valence-corrected chi connectivity index (χ3v) is 6.85. The summed E-state index contributed by atoms with van der Waals surface area (Å²) in [4.78, 5) is 12.9. The number of carbonyl (C=O) groups is 1. The van der Waals surface area contributed by atoms with Gasteiger partial charge in [-0.15, -0.1) is 23.1 Å². The van der Waals surface area contributed by atoms with Crippen LogP contribution in [0.5, 0.6) is 5.75 Å². The molecular weight excluding hydrogens is 430 g/mol. The smallest absolute Gasteiger partial charge is 0.287 e. The highest BCUT2D eigenvalue weighted by Gasteiger charge is 2.21. The predicted molar refractivity (Wildman–Crippen MR) is 125 cm³/mol. The van der Waals surface area contributed by atoms with Crippen LogP contribution in [-0.4, -0.2) is 30.3 Å². The number of nitrogens with one attached hydrogen (secondary N) is 1. The molecule has 160 valence electrons. The Morgan fingerprint density at radius 3 is 2.87 bits per heavy atom. The second kappa shape index (κ2) is 10.0. The second-order valence-electron chi connectivity index (χ2n) is 7.12. The van der Waals surface area contributed by atoms with Crippen molar-refractivity contribution < 1.29 is 19.1 Å². The Morgan fingerprint density at radius 1 is 1.19 bits per heavy atom. The highest BCUT2D eigenvalue weighted by atomic mass is 32.2. The molecule has 0 aliphatic rings. The molecule has 0 spiro atoms. The molecule has 4 aromatic rings. The van der Waals surface area contributed by atoms with E-state index in [1.807, 2.05) is 66.9 Å². The van der Waals surface area contributed by atoms with E-state index < -0.39 is 6.10 Å². The van der Waals surface area contributed by atoms with E-state index in [0.717, 1.165) is 16.5 Å². The van der Waals surface area contributed by atoms with Crippen molar-refractivity contribution in [2.45, 2.75) is 23.0 Å². The van der Waals surface area contributed by atoms with Gasteiger partial charge in [-0.2, -0.15) is 0 Å². The summed E-state index contributed by atoms with van der Waals surface area (Å²) in [5.74, 6) is 1.26. The van der Waals surface area contributed by atoms with Crippen molar-refractivity contribution in [3.05, 3.63) is 82.9 Å². The molecule has 5 nitrogen and oxygen atoms in total. The Hall–Kier alpha value is -2.74. The van der Waals surface area contributed by atoms with Crippen molar-refractivity contribution in [1.82, 2.24) is 5.32 Å². The van der Waals surface area contributed by atoms with Gasteiger partial charge in [0, 0.05) is 23.2 Å². The van der Waals surface area contributed by atoms with E-state index in [9.17, 15) is 9.90 Å². The number of aliphatic hydroxyl groups excluding tert-OH is 1. The fraction of sp³-hybridized carbons (Fsp3) is 0.208. The van der Waals surface area contributed by atoms with Crippen LogP contribution in [0.1, 0.15) is 21.7 Å². The number of thiophene rings is 1. The van der Waals surface area contributed by atoms with E-state index >= 15 is 0 Å². The van der Waals surface area contributed by atoms with E-state index in [4.69, 9.17) is 9.15 Å². The molecule has 0 saturated carbocycles. The molecule has 2 aromatic heterocycles. The molecule has 1 amide bonds. The van der Waals surface area contributed by atoms with Crippen LogP contribution in [0.4, 0.5) is 0 Å². The number of thioether (sulfide) groups is 1. The maximum absolute atomic E-state index is 12.9. The quantitative estimate of drug-likeness (QED) is 0.338. The van der Waals surface area contributed by atoms with Crippen molar-refractivity contribution in [2.24, 2.45) is 0 Å². The molecule has 1 unspecified atom stereocenters. The van der Waals surface area contributed by atoms with Crippen LogP contribution in [0.15, 0.2) is 74.7 Å². The first-order valence-electron chi connectivity index (χ1n) is 9.92. The summed E-state index contributed by atoms with van der Waals surface area (Å²) in [7, 11) is 0. The number of rotatable bonds is 9. The van der Waals surface area contributed by atoms with E-state index in [0.29, 0.717) is 17.1 Å². The summed E-state index contributed by atoms with van der Waals surface area (Å²) in [5.41, 5.74) is 2.62. The van der Waals surface area contributed by atoms with Gasteiger partial charge in [0.1, 0.15) is 24.0 Å². The first kappa shape index (κ1) is 21.5. The van der Waals surface area contributed by atoms with Crippen molar-refractivity contribution >= 4 is 40.0 Å². The normalized spacial score (nSPS) is 12.1. The number of ether oxygens (including phenoxy) is 1. The molecule has 0 radical (unpaired) electrons. The summed E-state index contributed by atoms with van der Waals surface area (Å²) >= 11 is 3.34. The molecular formula is C24H23NO4S2. The first-order chi connectivity index (χ1) is 15.1. The third kappa shape index (κ3) is 5.50. The number of para-hydroxylation sites is 1. The Bertz CT molecular complexity index is 1150. The Morgan fingerprint density at radius 2 is 2.06 bits per heavy atom. The molecule has 4 rings (SSSR count). The molecule has 0 aliphatic heterocycles. The highest BCUT2D eigenvalue weighted by Crippen LogP contribution is 2.33. The average Bonchev–Trinajstić information content (AvgIpc) is 3.42. The topological polar surface area (TPSA) is 71.7 Å². The van der Waals surface area contributed by atoms with Gasteiger partial charge in [0.25, 0.3) is 5.91 Å². The van der Waals surface area contributed by atoms with Gasteiger partial charge >= 0.3 is 0 Å². The number of fused-ring (bicyclic) bond motifs is 1. The monoisotopic (exact) mass is 453 g/mol. The molecule has 2 N–H and O–H groups in total. The van der Waals surface area contributed by atoms with Crippen molar-refractivity contribution in [3.63, 3.8) is 0 Å². The summed E-state index contributed by atoms with van der Waals surface area (Å²) in [6, 6.07) is 19.3. The SMILES string of the molecule is Cc1cccc(OCC(O)CNC(=O)c2oc3ccccc3c2CSc2cccs2)c1. The lowest BCUT2D eigenvalue weighted by Gasteiger charge is -2.13. The number of amides is 1. The zero-order chi connectivity index (χ0) is 21.6. The summed E-state index contributed by atoms with van der Waals surface area (Å²) in [5, 5.41) is 16.0. The van der Waals surface area contributed by atoms with Crippen LogP contribution in [0, 0.1) is 6.92 Å². The van der Waals surface area contributed by atoms with E-state index in [2.05, 4.69) is 11.4 Å². The van der Waals surface area contributed by atoms with Gasteiger partial charge in [0.05, 0.1) is 4.21 Å². The van der Waals surface area contributed by atoms with E-state index in [1.165, 1.54) is 4.21 Å². The number of aliphatic hydroxyl groups is 1. The minimum absolute atomic E-state index is 0.0687. The zero-order valence-corrected chi connectivity index (χ0v) is 18.7. The van der Waals surface area contributed by atoms with E-state index in [-0.39, 0.29) is 24.8 Å². The fourth-order valence-corrected chi connectivity index (χ4v) is 4.97. The number of benzene rings is 2. The third-order valence-electron chi connectivity index (χ3n) is 4.69. The Balaban J connectivity index is 1.40. The van der Waals surface area contributed by atoms with Gasteiger partial charge in [-0.3, -0.25) is 4.79 Å². The lowest BCUT2D eigenvalue weighted by molar-refractivity contribution is 0.0823. The van der Waals surface area contributed by atoms with Crippen LogP contribution >= 0.6 is 23.1 Å². The Kier molecular flexibility index (Phi) is 6.96. The van der Waals surface area contributed by atoms with Gasteiger partial charge in [-0.25, -0.2) is 0 Å². The van der Waals surface area contributed by atoms with Crippen molar-refractivity contribution in [3.8, 4) is 5.75 Å². The van der Waals surface area contributed by atoms with Gasteiger partial charge in [0.15, 0.2) is 5.76 Å². The number of aryl methyl sites for hydroxylation is 1. The molecule has 0 bridgehead atoms. The predicted octanol–water partition coefficient (Wildman–Crippen LogP) is 5.26. The van der Waals surface area contributed by atoms with Crippen LogP contribution in [0.3, 0.4) is 0 Å². The van der Waals surface area contributed by atoms with Crippen molar-refractivity contribution in [1.29, 1.82) is 0 Å². The minimum atomic E-state index is -0.835. The average molecular weight is 454 g/mol. The summed E-state index contributed by atoms with van der Waals surface area (Å²) in [6.07, 6.45) is -0.835.